The number of halogens is 2. The van der Waals surface area contributed by atoms with Crippen LogP contribution < -0.4 is 10.6 Å². The van der Waals surface area contributed by atoms with Crippen LogP contribution in [0.4, 0.5) is 11.4 Å². The van der Waals surface area contributed by atoms with Gasteiger partial charge >= 0.3 is 0 Å². The summed E-state index contributed by atoms with van der Waals surface area (Å²) in [5.74, 6) is 0. The molecule has 0 heterocycles. The van der Waals surface area contributed by atoms with Crippen LogP contribution in [0.2, 0.25) is 10.0 Å². The summed E-state index contributed by atoms with van der Waals surface area (Å²) >= 11 is 12.5. The van der Waals surface area contributed by atoms with E-state index < -0.39 is 0 Å². The molecule has 1 unspecified atom stereocenters. The van der Waals surface area contributed by atoms with Gasteiger partial charge in [-0.05, 0) is 57.0 Å². The summed E-state index contributed by atoms with van der Waals surface area (Å²) in [7, 11) is 0. The number of nitrogens with one attached hydrogen (secondary N) is 2. The Bertz CT molecular complexity index is 683. The zero-order valence-corrected chi connectivity index (χ0v) is 15.4. The van der Waals surface area contributed by atoms with Gasteiger partial charge < -0.3 is 10.6 Å². The fraction of sp³-hybridized carbons (Fsp3) is 0.263. The van der Waals surface area contributed by atoms with Gasteiger partial charge in [0.25, 0.3) is 0 Å². The number of allylic oxidation sites excluding steroid dienone is 1. The Labute approximate surface area is 148 Å². The van der Waals surface area contributed by atoms with Gasteiger partial charge in [-0.3, -0.25) is 0 Å². The maximum atomic E-state index is 6.27. The molecule has 23 heavy (non-hydrogen) atoms. The van der Waals surface area contributed by atoms with Crippen molar-refractivity contribution in [3.05, 3.63) is 69.3 Å². The minimum atomic E-state index is 0.129. The number of para-hydroxylation sites is 2. The molecule has 0 fully saturated rings. The maximum Gasteiger partial charge on any atom is 0.0643 e. The first kappa shape index (κ1) is 17.7. The van der Waals surface area contributed by atoms with E-state index in [2.05, 4.69) is 23.6 Å². The highest BCUT2D eigenvalue weighted by Gasteiger charge is 2.08. The van der Waals surface area contributed by atoms with Crippen molar-refractivity contribution in [1.29, 1.82) is 0 Å². The van der Waals surface area contributed by atoms with Gasteiger partial charge in [0.05, 0.1) is 21.4 Å². The number of hydrogen-bond donors (Lipinski definition) is 2. The number of aryl methyl sites for hydroxylation is 2. The van der Waals surface area contributed by atoms with Crippen LogP contribution in [0.3, 0.4) is 0 Å². The molecule has 4 heteroatoms. The molecule has 0 aliphatic carbocycles. The predicted molar refractivity (Wildman–Crippen MR) is 103 cm³/mol. The summed E-state index contributed by atoms with van der Waals surface area (Å²) in [6.07, 6.45) is 2.12. The second-order valence-corrected chi connectivity index (χ2v) is 6.59. The van der Waals surface area contributed by atoms with Crippen molar-refractivity contribution in [3.63, 3.8) is 0 Å². The summed E-state index contributed by atoms with van der Waals surface area (Å²) in [5.41, 5.74) is 5.20. The topological polar surface area (TPSA) is 24.1 Å². The zero-order valence-electron chi connectivity index (χ0n) is 13.9. The van der Waals surface area contributed by atoms with E-state index in [1.54, 1.807) is 0 Å². The molecule has 2 aromatic carbocycles. The smallest absolute Gasteiger partial charge is 0.0643 e. The second-order valence-electron chi connectivity index (χ2n) is 5.77. The van der Waals surface area contributed by atoms with Crippen LogP contribution >= 0.6 is 23.2 Å². The molecular formula is C19H22Cl2N2. The molecule has 122 valence electrons. The Morgan fingerprint density at radius 1 is 0.957 bits per heavy atom. The van der Waals surface area contributed by atoms with Crippen LogP contribution in [0.1, 0.15) is 25.0 Å². The first-order valence-corrected chi connectivity index (χ1v) is 8.36. The van der Waals surface area contributed by atoms with Crippen LogP contribution in [0, 0.1) is 13.8 Å². The maximum absolute atomic E-state index is 6.27. The van der Waals surface area contributed by atoms with Crippen molar-refractivity contribution >= 4 is 34.6 Å². The second kappa shape index (κ2) is 7.76. The Kier molecular flexibility index (Phi) is 5.97. The van der Waals surface area contributed by atoms with Crippen molar-refractivity contribution in [2.24, 2.45) is 0 Å². The minimum absolute atomic E-state index is 0.129. The quantitative estimate of drug-likeness (QED) is 0.650. The lowest BCUT2D eigenvalue weighted by Crippen LogP contribution is -2.15. The van der Waals surface area contributed by atoms with Gasteiger partial charge in [0.1, 0.15) is 0 Å². The first-order valence-electron chi connectivity index (χ1n) is 7.60. The number of rotatable bonds is 5. The lowest BCUT2D eigenvalue weighted by molar-refractivity contribution is 0.979. The first-order chi connectivity index (χ1) is 10.9. The molecule has 0 saturated carbocycles. The van der Waals surface area contributed by atoms with Gasteiger partial charge in [0.15, 0.2) is 0 Å². The lowest BCUT2D eigenvalue weighted by atomic mass is 10.1. The summed E-state index contributed by atoms with van der Waals surface area (Å²) in [5, 5.41) is 8.28. The monoisotopic (exact) mass is 348 g/mol. The van der Waals surface area contributed by atoms with E-state index in [-0.39, 0.29) is 6.04 Å². The van der Waals surface area contributed by atoms with E-state index >= 15 is 0 Å². The average molecular weight is 349 g/mol. The van der Waals surface area contributed by atoms with E-state index in [1.807, 2.05) is 57.2 Å². The lowest BCUT2D eigenvalue weighted by Gasteiger charge is -2.17. The van der Waals surface area contributed by atoms with Crippen molar-refractivity contribution in [2.75, 3.05) is 10.6 Å². The third kappa shape index (κ3) is 4.66. The van der Waals surface area contributed by atoms with E-state index in [4.69, 9.17) is 23.2 Å². The summed E-state index contributed by atoms with van der Waals surface area (Å²) in [6.45, 7) is 8.20. The van der Waals surface area contributed by atoms with Gasteiger partial charge in [0, 0.05) is 11.7 Å². The molecule has 0 aromatic heterocycles. The largest absolute Gasteiger partial charge is 0.378 e. The predicted octanol–water partition coefficient (Wildman–Crippen LogP) is 6.43. The fourth-order valence-corrected chi connectivity index (χ4v) is 3.03. The SMILES string of the molecule is CC(=CC(C)Nc1c(C)cccc1Cl)Nc1c(C)cccc1Cl. The molecule has 0 bridgehead atoms. The molecular weight excluding hydrogens is 327 g/mol. The Morgan fingerprint density at radius 3 is 2.00 bits per heavy atom. The molecule has 0 amide bonds. The minimum Gasteiger partial charge on any atom is -0.378 e. The van der Waals surface area contributed by atoms with Crippen LogP contribution in [-0.4, -0.2) is 6.04 Å². The number of hydrogen-bond acceptors (Lipinski definition) is 2. The van der Waals surface area contributed by atoms with E-state index in [9.17, 15) is 0 Å². The Balaban J connectivity index is 2.11. The van der Waals surface area contributed by atoms with Crippen molar-refractivity contribution in [2.45, 2.75) is 33.7 Å². The highest BCUT2D eigenvalue weighted by molar-refractivity contribution is 6.33. The van der Waals surface area contributed by atoms with Crippen molar-refractivity contribution in [1.82, 2.24) is 0 Å². The molecule has 0 spiro atoms. The molecule has 2 aromatic rings. The van der Waals surface area contributed by atoms with Gasteiger partial charge in [0.2, 0.25) is 0 Å². The van der Waals surface area contributed by atoms with Crippen molar-refractivity contribution < 1.29 is 0 Å². The highest BCUT2D eigenvalue weighted by atomic mass is 35.5. The summed E-state index contributed by atoms with van der Waals surface area (Å²) in [4.78, 5) is 0. The molecule has 2 rings (SSSR count). The van der Waals surface area contributed by atoms with Gasteiger partial charge in [-0.25, -0.2) is 0 Å². The molecule has 2 N–H and O–H groups in total. The summed E-state index contributed by atoms with van der Waals surface area (Å²) in [6, 6.07) is 11.9. The van der Waals surface area contributed by atoms with Crippen LogP contribution in [0.5, 0.6) is 0 Å². The molecule has 1 atom stereocenters. The standard InChI is InChI=1S/C19H22Cl2N2/c1-12-7-5-9-16(20)18(12)22-14(3)11-15(4)23-19-13(2)8-6-10-17(19)21/h5-11,14,22-23H,1-4H3. The Hall–Kier alpha value is -1.64. The average Bonchev–Trinajstić information content (AvgIpc) is 2.47. The molecule has 0 aliphatic heterocycles. The van der Waals surface area contributed by atoms with Gasteiger partial charge in [-0.2, -0.15) is 0 Å². The van der Waals surface area contributed by atoms with E-state index in [1.165, 1.54) is 0 Å². The normalized spacial score (nSPS) is 12.9. The third-order valence-electron chi connectivity index (χ3n) is 3.64. The van der Waals surface area contributed by atoms with Crippen LogP contribution in [-0.2, 0) is 0 Å². The molecule has 0 aliphatic rings. The van der Waals surface area contributed by atoms with Crippen LogP contribution in [0.15, 0.2) is 48.2 Å². The Morgan fingerprint density at radius 2 is 1.48 bits per heavy atom. The van der Waals surface area contributed by atoms with E-state index in [0.717, 1.165) is 38.2 Å². The summed E-state index contributed by atoms with van der Waals surface area (Å²) < 4.78 is 0. The molecule has 0 saturated heterocycles. The number of anilines is 2. The molecule has 0 radical (unpaired) electrons. The van der Waals surface area contributed by atoms with E-state index in [0.29, 0.717) is 0 Å². The fourth-order valence-electron chi connectivity index (χ4n) is 2.49. The van der Waals surface area contributed by atoms with Gasteiger partial charge in [-0.1, -0.05) is 47.5 Å². The van der Waals surface area contributed by atoms with Gasteiger partial charge in [-0.15, -0.1) is 0 Å². The molecule has 2 nitrogen and oxygen atoms in total. The number of benzene rings is 2. The highest BCUT2D eigenvalue weighted by Crippen LogP contribution is 2.28. The third-order valence-corrected chi connectivity index (χ3v) is 4.27. The zero-order chi connectivity index (χ0) is 17.0. The van der Waals surface area contributed by atoms with Crippen LogP contribution in [0.25, 0.3) is 0 Å². The van der Waals surface area contributed by atoms with Crippen molar-refractivity contribution in [3.8, 4) is 0 Å².